The lowest BCUT2D eigenvalue weighted by Gasteiger charge is -1.93. The van der Waals surface area contributed by atoms with E-state index in [0.29, 0.717) is 10.0 Å². The minimum absolute atomic E-state index is 0.154. The van der Waals surface area contributed by atoms with Gasteiger partial charge in [0.25, 0.3) is 0 Å². The normalized spacial score (nSPS) is 10.4. The first-order valence-electron chi connectivity index (χ1n) is 4.52. The zero-order valence-corrected chi connectivity index (χ0v) is 9.63. The Kier molecular flexibility index (Phi) is 2.66. The molecular weight excluding hydrogens is 228 g/mol. The van der Waals surface area contributed by atoms with E-state index in [1.807, 2.05) is 13.0 Å². The highest BCUT2D eigenvalue weighted by Crippen LogP contribution is 2.31. The Balaban J connectivity index is 2.41. The van der Waals surface area contributed by atoms with E-state index in [9.17, 15) is 4.79 Å². The fraction of sp³-hybridized carbons (Fsp3) is 0.200. The van der Waals surface area contributed by atoms with E-state index in [0.717, 1.165) is 11.3 Å². The molecule has 2 N–H and O–H groups in total. The summed E-state index contributed by atoms with van der Waals surface area (Å²) in [5, 5.41) is 0.996. The molecule has 0 amide bonds. The van der Waals surface area contributed by atoms with Gasteiger partial charge in [0.1, 0.15) is 22.0 Å². The number of hydrogen-bond donors (Lipinski definition) is 1. The number of hydrogen-bond acceptors (Lipinski definition) is 6. The first kappa shape index (κ1) is 10.7. The van der Waals surface area contributed by atoms with Crippen LogP contribution >= 0.6 is 11.3 Å². The molecule has 0 saturated carbocycles. The lowest BCUT2D eigenvalue weighted by Crippen LogP contribution is -2.04. The smallest absolute Gasteiger partial charge is 0.359 e. The van der Waals surface area contributed by atoms with Crippen molar-refractivity contribution >= 4 is 22.3 Å². The Morgan fingerprint density at radius 1 is 1.62 bits per heavy atom. The molecule has 0 aliphatic rings. The number of nitrogen functional groups attached to an aromatic ring is 1. The van der Waals surface area contributed by atoms with Gasteiger partial charge in [-0.15, -0.1) is 0 Å². The predicted octanol–water partition coefficient (Wildman–Crippen LogP) is 2.08. The molecule has 84 valence electrons. The largest absolute Gasteiger partial charge is 0.469 e. The van der Waals surface area contributed by atoms with Gasteiger partial charge in [-0.1, -0.05) is 11.3 Å². The number of furan rings is 1. The van der Waals surface area contributed by atoms with Crippen LogP contribution in [0.25, 0.3) is 10.6 Å². The Bertz CT molecular complexity index is 530. The fourth-order valence-electron chi connectivity index (χ4n) is 1.25. The van der Waals surface area contributed by atoms with E-state index in [-0.39, 0.29) is 5.69 Å². The number of esters is 1. The molecule has 2 aromatic rings. The summed E-state index contributed by atoms with van der Waals surface area (Å²) < 4.78 is 9.74. The van der Waals surface area contributed by atoms with Crippen LogP contribution < -0.4 is 5.73 Å². The van der Waals surface area contributed by atoms with E-state index < -0.39 is 5.97 Å². The molecule has 2 heterocycles. The first-order valence-corrected chi connectivity index (χ1v) is 5.33. The summed E-state index contributed by atoms with van der Waals surface area (Å²) in [6.45, 7) is 1.84. The molecule has 2 rings (SSSR count). The number of thiazole rings is 1. The van der Waals surface area contributed by atoms with E-state index >= 15 is 0 Å². The average molecular weight is 238 g/mol. The number of carbonyl (C=O) groups excluding carboxylic acids is 1. The van der Waals surface area contributed by atoms with Crippen LogP contribution in [0.5, 0.6) is 0 Å². The SMILES string of the molecule is COC(=O)c1nc(-c2coc(C)c2)sc1N. The van der Waals surface area contributed by atoms with Crippen molar-refractivity contribution < 1.29 is 13.9 Å². The van der Waals surface area contributed by atoms with Crippen molar-refractivity contribution in [2.24, 2.45) is 0 Å². The summed E-state index contributed by atoms with van der Waals surface area (Å²) in [6, 6.07) is 1.83. The van der Waals surface area contributed by atoms with Crippen molar-refractivity contribution in [3.63, 3.8) is 0 Å². The number of ether oxygens (including phenoxy) is 1. The van der Waals surface area contributed by atoms with Crippen LogP contribution in [0.2, 0.25) is 0 Å². The molecule has 16 heavy (non-hydrogen) atoms. The number of carbonyl (C=O) groups is 1. The predicted molar refractivity (Wildman–Crippen MR) is 60.3 cm³/mol. The molecule has 0 aliphatic heterocycles. The highest BCUT2D eigenvalue weighted by atomic mass is 32.1. The van der Waals surface area contributed by atoms with E-state index in [4.69, 9.17) is 10.2 Å². The number of rotatable bonds is 2. The van der Waals surface area contributed by atoms with Gasteiger partial charge in [0.05, 0.1) is 7.11 Å². The van der Waals surface area contributed by atoms with Crippen LogP contribution in [-0.4, -0.2) is 18.1 Å². The van der Waals surface area contributed by atoms with Crippen LogP contribution in [0, 0.1) is 6.92 Å². The van der Waals surface area contributed by atoms with E-state index in [1.54, 1.807) is 6.26 Å². The maximum Gasteiger partial charge on any atom is 0.359 e. The standard InChI is InChI=1S/C10H10N2O3S/c1-5-3-6(4-15-5)9-12-7(8(11)16-9)10(13)14-2/h3-4H,11H2,1-2H3. The van der Waals surface area contributed by atoms with Crippen molar-refractivity contribution in [3.8, 4) is 10.6 Å². The van der Waals surface area contributed by atoms with Crippen molar-refractivity contribution in [2.75, 3.05) is 12.8 Å². The number of aryl methyl sites for hydroxylation is 1. The molecule has 0 saturated heterocycles. The Hall–Kier alpha value is -1.82. The quantitative estimate of drug-likeness (QED) is 0.810. The van der Waals surface area contributed by atoms with Gasteiger partial charge < -0.3 is 14.9 Å². The van der Waals surface area contributed by atoms with Crippen molar-refractivity contribution in [1.29, 1.82) is 0 Å². The third kappa shape index (κ3) is 1.79. The average Bonchev–Trinajstić information content (AvgIpc) is 2.83. The van der Waals surface area contributed by atoms with E-state index in [1.165, 1.54) is 18.4 Å². The van der Waals surface area contributed by atoms with Gasteiger partial charge in [-0.3, -0.25) is 0 Å². The highest BCUT2D eigenvalue weighted by molar-refractivity contribution is 7.19. The second-order valence-electron chi connectivity index (χ2n) is 3.17. The zero-order chi connectivity index (χ0) is 11.7. The number of nitrogens with zero attached hydrogens (tertiary/aromatic N) is 1. The van der Waals surface area contributed by atoms with E-state index in [2.05, 4.69) is 9.72 Å². The molecule has 2 aromatic heterocycles. The summed E-state index contributed by atoms with van der Waals surface area (Å²) in [5.41, 5.74) is 6.65. The van der Waals surface area contributed by atoms with Crippen molar-refractivity contribution in [1.82, 2.24) is 4.98 Å². The number of anilines is 1. The molecule has 0 aromatic carbocycles. The van der Waals surface area contributed by atoms with Crippen molar-refractivity contribution in [3.05, 3.63) is 23.8 Å². The third-order valence-electron chi connectivity index (χ3n) is 2.01. The second kappa shape index (κ2) is 3.97. The van der Waals surface area contributed by atoms with Crippen molar-refractivity contribution in [2.45, 2.75) is 6.92 Å². The first-order chi connectivity index (χ1) is 7.61. The van der Waals surface area contributed by atoms with Gasteiger partial charge in [-0.05, 0) is 13.0 Å². The third-order valence-corrected chi connectivity index (χ3v) is 2.94. The molecule has 0 aliphatic carbocycles. The summed E-state index contributed by atoms with van der Waals surface area (Å²) >= 11 is 1.23. The molecule has 0 bridgehead atoms. The molecule has 6 heteroatoms. The Morgan fingerprint density at radius 2 is 2.38 bits per heavy atom. The summed E-state index contributed by atoms with van der Waals surface area (Å²) in [6.07, 6.45) is 1.58. The minimum Gasteiger partial charge on any atom is -0.469 e. The lowest BCUT2D eigenvalue weighted by atomic mass is 10.3. The molecule has 0 unspecified atom stereocenters. The Labute approximate surface area is 95.9 Å². The molecule has 0 radical (unpaired) electrons. The molecular formula is C10H10N2O3S. The second-order valence-corrected chi connectivity index (χ2v) is 4.20. The topological polar surface area (TPSA) is 78.3 Å². The molecule has 0 atom stereocenters. The van der Waals surface area contributed by atoms with Crippen LogP contribution in [0.1, 0.15) is 16.2 Å². The lowest BCUT2D eigenvalue weighted by molar-refractivity contribution is 0.0596. The fourth-order valence-corrected chi connectivity index (χ4v) is 2.05. The monoisotopic (exact) mass is 238 g/mol. The van der Waals surface area contributed by atoms with Gasteiger partial charge in [-0.25, -0.2) is 9.78 Å². The summed E-state index contributed by atoms with van der Waals surface area (Å²) in [4.78, 5) is 15.4. The molecule has 0 spiro atoms. The number of nitrogens with two attached hydrogens (primary N) is 1. The highest BCUT2D eigenvalue weighted by Gasteiger charge is 2.18. The van der Waals surface area contributed by atoms with Crippen LogP contribution in [-0.2, 0) is 4.74 Å². The van der Waals surface area contributed by atoms with Crippen LogP contribution in [0.15, 0.2) is 16.7 Å². The maximum atomic E-state index is 11.3. The Morgan fingerprint density at radius 3 is 2.94 bits per heavy atom. The molecule has 0 fully saturated rings. The van der Waals surface area contributed by atoms with Gasteiger partial charge in [-0.2, -0.15) is 0 Å². The van der Waals surface area contributed by atoms with Gasteiger partial charge in [0.2, 0.25) is 0 Å². The maximum absolute atomic E-state index is 11.3. The number of aromatic nitrogens is 1. The zero-order valence-electron chi connectivity index (χ0n) is 8.81. The van der Waals surface area contributed by atoms with Crippen LogP contribution in [0.4, 0.5) is 5.00 Å². The van der Waals surface area contributed by atoms with Gasteiger partial charge in [0, 0.05) is 5.56 Å². The van der Waals surface area contributed by atoms with Gasteiger partial charge in [0.15, 0.2) is 5.69 Å². The van der Waals surface area contributed by atoms with Crippen LogP contribution in [0.3, 0.4) is 0 Å². The summed E-state index contributed by atoms with van der Waals surface area (Å²) in [7, 11) is 1.29. The molecule has 5 nitrogen and oxygen atoms in total. The summed E-state index contributed by atoms with van der Waals surface area (Å²) in [5.74, 6) is 0.253. The minimum atomic E-state index is -0.528. The number of methoxy groups -OCH3 is 1. The van der Waals surface area contributed by atoms with Gasteiger partial charge >= 0.3 is 5.97 Å².